The first-order valence-corrected chi connectivity index (χ1v) is 10.8. The maximum absolute atomic E-state index is 13.3. The Morgan fingerprint density at radius 1 is 1.10 bits per heavy atom. The Morgan fingerprint density at radius 2 is 1.68 bits per heavy atom. The van der Waals surface area contributed by atoms with Gasteiger partial charge in [-0.3, -0.25) is 19.3 Å². The summed E-state index contributed by atoms with van der Waals surface area (Å²) < 4.78 is 5.87. The molecule has 1 fully saturated rings. The lowest BCUT2D eigenvalue weighted by Gasteiger charge is -2.49. The number of amides is 2. The van der Waals surface area contributed by atoms with Crippen LogP contribution in [-0.2, 0) is 23.9 Å². The van der Waals surface area contributed by atoms with Gasteiger partial charge < -0.3 is 10.1 Å². The van der Waals surface area contributed by atoms with Gasteiger partial charge in [-0.2, -0.15) is 0 Å². The van der Waals surface area contributed by atoms with E-state index in [1.54, 1.807) is 0 Å². The fourth-order valence-corrected chi connectivity index (χ4v) is 4.98. The summed E-state index contributed by atoms with van der Waals surface area (Å²) in [6, 6.07) is 17.8. The van der Waals surface area contributed by atoms with Crippen LogP contribution in [0.25, 0.3) is 0 Å². The molecule has 0 bridgehead atoms. The third-order valence-corrected chi connectivity index (χ3v) is 6.42. The quantitative estimate of drug-likeness (QED) is 0.424. The van der Waals surface area contributed by atoms with Gasteiger partial charge in [-0.15, -0.1) is 11.8 Å². The number of ether oxygens (including phenoxy) is 1. The molecule has 31 heavy (non-hydrogen) atoms. The molecule has 2 aliphatic rings. The Bertz CT molecular complexity index is 1010. The molecule has 0 aromatic heterocycles. The van der Waals surface area contributed by atoms with Crippen LogP contribution in [0, 0.1) is 0 Å². The van der Waals surface area contributed by atoms with Crippen LogP contribution < -0.4 is 5.32 Å². The fraction of sp³-hybridized carbons (Fsp3) is 0.217. The Morgan fingerprint density at radius 3 is 2.19 bits per heavy atom. The second-order valence-corrected chi connectivity index (χ2v) is 8.29. The van der Waals surface area contributed by atoms with Crippen molar-refractivity contribution in [2.75, 3.05) is 5.75 Å². The molecule has 1 unspecified atom stereocenters. The minimum atomic E-state index is -0.750. The molecule has 7 nitrogen and oxygen atoms in total. The van der Waals surface area contributed by atoms with Gasteiger partial charge in [0.25, 0.3) is 5.91 Å². The predicted octanol–water partition coefficient (Wildman–Crippen LogP) is 2.19. The highest BCUT2D eigenvalue weighted by Crippen LogP contribution is 2.41. The van der Waals surface area contributed by atoms with E-state index in [0.29, 0.717) is 6.29 Å². The molecule has 0 aliphatic carbocycles. The number of nitrogens with zero attached hydrogens (tertiary/aromatic N) is 1. The van der Waals surface area contributed by atoms with Crippen LogP contribution in [0.5, 0.6) is 0 Å². The van der Waals surface area contributed by atoms with Gasteiger partial charge in [0.2, 0.25) is 5.91 Å². The summed E-state index contributed by atoms with van der Waals surface area (Å²) in [6.45, 7) is 1.33. The van der Waals surface area contributed by atoms with Crippen molar-refractivity contribution < 1.29 is 23.9 Å². The molecule has 2 aliphatic heterocycles. The van der Waals surface area contributed by atoms with Crippen molar-refractivity contribution in [3.05, 3.63) is 83.1 Å². The number of hydrogen-bond acceptors (Lipinski definition) is 6. The molecule has 8 heteroatoms. The Hall–Kier alpha value is -3.39. The molecule has 0 radical (unpaired) electrons. The van der Waals surface area contributed by atoms with Crippen molar-refractivity contribution >= 4 is 35.8 Å². The summed E-state index contributed by atoms with van der Waals surface area (Å²) >= 11 is 1.33. The molecular formula is C23H20N2O5S. The van der Waals surface area contributed by atoms with Crippen molar-refractivity contribution in [2.24, 2.45) is 0 Å². The van der Waals surface area contributed by atoms with E-state index in [-0.39, 0.29) is 22.9 Å². The third-order valence-electron chi connectivity index (χ3n) is 5.12. The van der Waals surface area contributed by atoms with Crippen molar-refractivity contribution in [1.82, 2.24) is 10.2 Å². The summed E-state index contributed by atoms with van der Waals surface area (Å²) in [6.07, 6.45) is -0.121. The highest BCUT2D eigenvalue weighted by Gasteiger charge is 2.54. The summed E-state index contributed by atoms with van der Waals surface area (Å²) in [4.78, 5) is 50.3. The monoisotopic (exact) mass is 436 g/mol. The van der Waals surface area contributed by atoms with Crippen molar-refractivity contribution in [2.45, 2.75) is 24.4 Å². The van der Waals surface area contributed by atoms with Crippen LogP contribution in [0.4, 0.5) is 0 Å². The van der Waals surface area contributed by atoms with E-state index < -0.39 is 29.4 Å². The number of β-lactam (4-membered cyclic amide) rings is 1. The van der Waals surface area contributed by atoms with Crippen LogP contribution in [0.1, 0.15) is 24.2 Å². The Kier molecular flexibility index (Phi) is 5.90. The second kappa shape index (κ2) is 8.77. The number of fused-ring (bicyclic) bond motifs is 1. The zero-order valence-electron chi connectivity index (χ0n) is 16.7. The smallest absolute Gasteiger partial charge is 0.356 e. The lowest BCUT2D eigenvalue weighted by molar-refractivity contribution is -0.154. The molecule has 2 heterocycles. The number of hydrogen-bond donors (Lipinski definition) is 1. The molecule has 2 atom stereocenters. The van der Waals surface area contributed by atoms with E-state index in [0.717, 1.165) is 11.1 Å². The zero-order valence-corrected chi connectivity index (χ0v) is 17.5. The first-order valence-electron chi connectivity index (χ1n) is 9.72. The summed E-state index contributed by atoms with van der Waals surface area (Å²) in [5, 5.41) is 2.15. The molecular weight excluding hydrogens is 416 g/mol. The largest absolute Gasteiger partial charge is 0.448 e. The van der Waals surface area contributed by atoms with Crippen LogP contribution in [-0.4, -0.2) is 46.1 Å². The van der Waals surface area contributed by atoms with E-state index in [9.17, 15) is 19.2 Å². The van der Waals surface area contributed by atoms with Gasteiger partial charge in [0, 0.05) is 18.2 Å². The number of nitrogens with one attached hydrogen (secondary N) is 1. The molecule has 158 valence electrons. The van der Waals surface area contributed by atoms with Crippen LogP contribution in [0.2, 0.25) is 0 Å². The van der Waals surface area contributed by atoms with Gasteiger partial charge in [0.15, 0.2) is 6.10 Å². The van der Waals surface area contributed by atoms with Crippen LogP contribution in [0.15, 0.2) is 71.9 Å². The number of esters is 1. The van der Waals surface area contributed by atoms with Gasteiger partial charge in [-0.1, -0.05) is 60.7 Å². The standard InChI is InChI=1S/C23H20N2O5S/c1-14(27)24-18-21(28)25-19(17(12-26)13-31-22(18)25)23(29)30-20(15-8-4-2-5-9-15)16-10-6-3-7-11-16/h2-12,18,20,22H,13H2,1H3,(H,24,27)/t18?,22-/m1/s1. The highest BCUT2D eigenvalue weighted by molar-refractivity contribution is 8.00. The number of thioether (sulfide) groups is 1. The van der Waals surface area contributed by atoms with E-state index in [1.165, 1.54) is 23.6 Å². The lowest BCUT2D eigenvalue weighted by Crippen LogP contribution is -2.70. The Balaban J connectivity index is 1.65. The summed E-state index contributed by atoms with van der Waals surface area (Å²) in [7, 11) is 0. The molecule has 2 aromatic carbocycles. The first kappa shape index (κ1) is 20.9. The summed E-state index contributed by atoms with van der Waals surface area (Å²) in [5.74, 6) is -1.27. The Labute approximate surface area is 183 Å². The zero-order chi connectivity index (χ0) is 22.0. The van der Waals surface area contributed by atoms with E-state index in [1.807, 2.05) is 60.7 Å². The van der Waals surface area contributed by atoms with Crippen LogP contribution >= 0.6 is 11.8 Å². The molecule has 2 amide bonds. The SMILES string of the molecule is CC(=O)NC1C(=O)N2C(C(=O)OC(c3ccccc3)c3ccccc3)=C(C=O)CS[C@H]12. The number of carbonyl (C=O) groups excluding carboxylic acids is 4. The maximum atomic E-state index is 13.3. The molecule has 2 aromatic rings. The van der Waals surface area contributed by atoms with E-state index in [2.05, 4.69) is 5.32 Å². The average Bonchev–Trinajstić information content (AvgIpc) is 2.80. The highest BCUT2D eigenvalue weighted by atomic mass is 32.2. The predicted molar refractivity (Wildman–Crippen MR) is 115 cm³/mol. The topological polar surface area (TPSA) is 92.8 Å². The van der Waals surface area contributed by atoms with Crippen LogP contribution in [0.3, 0.4) is 0 Å². The molecule has 0 saturated carbocycles. The molecule has 0 spiro atoms. The van der Waals surface area contributed by atoms with E-state index >= 15 is 0 Å². The number of rotatable bonds is 6. The van der Waals surface area contributed by atoms with Gasteiger partial charge >= 0.3 is 5.97 Å². The van der Waals surface area contributed by atoms with Gasteiger partial charge in [0.05, 0.1) is 0 Å². The molecule has 4 rings (SSSR count). The first-order chi connectivity index (χ1) is 15.0. The minimum absolute atomic E-state index is 0.0535. The number of benzene rings is 2. The van der Waals surface area contributed by atoms with Gasteiger partial charge in [-0.05, 0) is 11.1 Å². The number of aldehydes is 1. The third kappa shape index (κ3) is 3.98. The molecule has 1 N–H and O–H groups in total. The van der Waals surface area contributed by atoms with Crippen molar-refractivity contribution in [3.63, 3.8) is 0 Å². The molecule has 1 saturated heterocycles. The van der Waals surface area contributed by atoms with Crippen molar-refractivity contribution in [3.8, 4) is 0 Å². The number of carbonyl (C=O) groups is 4. The fourth-order valence-electron chi connectivity index (χ4n) is 3.69. The van der Waals surface area contributed by atoms with E-state index in [4.69, 9.17) is 4.74 Å². The van der Waals surface area contributed by atoms with Gasteiger partial charge in [0.1, 0.15) is 23.4 Å². The van der Waals surface area contributed by atoms with Crippen molar-refractivity contribution in [1.29, 1.82) is 0 Å². The van der Waals surface area contributed by atoms with Gasteiger partial charge in [-0.25, -0.2) is 4.79 Å². The second-order valence-electron chi connectivity index (χ2n) is 7.19. The normalized spacial score (nSPS) is 20.1. The minimum Gasteiger partial charge on any atom is -0.448 e. The summed E-state index contributed by atoms with van der Waals surface area (Å²) in [5.41, 5.74) is 1.68. The maximum Gasteiger partial charge on any atom is 0.356 e. The average molecular weight is 436 g/mol. The lowest BCUT2D eigenvalue weighted by atomic mass is 10.0.